The Kier molecular flexibility index (Phi) is 4.38. The number of hydrogen-bond acceptors (Lipinski definition) is 5. The number of hydrogen-bond donors (Lipinski definition) is 1. The smallest absolute Gasteiger partial charge is 0.152 e. The molecule has 3 rings (SSSR count). The van der Waals surface area contributed by atoms with Crippen LogP contribution in [0.2, 0.25) is 0 Å². The van der Waals surface area contributed by atoms with E-state index in [1.807, 2.05) is 23.1 Å². The van der Waals surface area contributed by atoms with Gasteiger partial charge in [-0.15, -0.1) is 23.1 Å². The molecule has 1 atom stereocenters. The van der Waals surface area contributed by atoms with E-state index in [1.165, 1.54) is 21.9 Å². The molecule has 2 aliphatic heterocycles. The summed E-state index contributed by atoms with van der Waals surface area (Å²) in [6.07, 6.45) is 4.60. The third-order valence-corrected chi connectivity index (χ3v) is 7.05. The molecule has 120 valence electrons. The van der Waals surface area contributed by atoms with Crippen molar-refractivity contribution in [2.45, 2.75) is 58.4 Å². The minimum absolute atomic E-state index is 0.364. The number of aryl methyl sites for hydroxylation is 1. The Morgan fingerprint density at radius 1 is 1.32 bits per heavy atom. The lowest BCUT2D eigenvalue weighted by molar-refractivity contribution is 0.216. The molecule has 0 aromatic heterocycles. The van der Waals surface area contributed by atoms with Gasteiger partial charge in [0.15, 0.2) is 5.82 Å². The number of nitrogen functional groups attached to an aromatic ring is 1. The highest BCUT2D eigenvalue weighted by atomic mass is 32.2. The molecular formula is C17H25N3S2. The van der Waals surface area contributed by atoms with Crippen LogP contribution in [0, 0.1) is 11.3 Å². The first-order chi connectivity index (χ1) is 10.4. The monoisotopic (exact) mass is 335 g/mol. The van der Waals surface area contributed by atoms with Gasteiger partial charge >= 0.3 is 0 Å². The normalized spacial score (nSPS) is 18.6. The van der Waals surface area contributed by atoms with E-state index in [1.54, 1.807) is 0 Å². The third kappa shape index (κ3) is 2.98. The molecule has 3 nitrogen and oxygen atoms in total. The molecule has 0 saturated heterocycles. The van der Waals surface area contributed by atoms with E-state index >= 15 is 0 Å². The summed E-state index contributed by atoms with van der Waals surface area (Å²) in [6.45, 7) is 9.25. The van der Waals surface area contributed by atoms with Crippen LogP contribution < -0.4 is 5.73 Å². The Morgan fingerprint density at radius 2 is 2.09 bits per heavy atom. The molecule has 0 radical (unpaired) electrons. The molecule has 2 heterocycles. The van der Waals surface area contributed by atoms with E-state index in [2.05, 4.69) is 32.7 Å². The Morgan fingerprint density at radius 3 is 2.77 bits per heavy atom. The van der Waals surface area contributed by atoms with Gasteiger partial charge in [0.25, 0.3) is 0 Å². The molecule has 0 aromatic rings. The third-order valence-electron chi connectivity index (χ3n) is 4.50. The highest BCUT2D eigenvalue weighted by molar-refractivity contribution is 7.99. The van der Waals surface area contributed by atoms with E-state index in [0.29, 0.717) is 11.2 Å². The zero-order valence-corrected chi connectivity index (χ0v) is 15.5. The molecule has 1 unspecified atom stereocenters. The number of nitrogens with zero attached hydrogens (tertiary/aromatic N) is 2. The van der Waals surface area contributed by atoms with E-state index < -0.39 is 0 Å². The van der Waals surface area contributed by atoms with Gasteiger partial charge in [-0.3, -0.25) is 0 Å². The molecule has 0 amide bonds. The van der Waals surface area contributed by atoms with Crippen molar-refractivity contribution in [1.82, 2.24) is 9.97 Å². The van der Waals surface area contributed by atoms with Crippen LogP contribution in [0.25, 0.3) is 10.6 Å². The van der Waals surface area contributed by atoms with E-state index in [-0.39, 0.29) is 0 Å². The Labute approximate surface area is 141 Å². The van der Waals surface area contributed by atoms with E-state index in [9.17, 15) is 0 Å². The van der Waals surface area contributed by atoms with Crippen LogP contribution in [0.1, 0.15) is 51.1 Å². The molecule has 22 heavy (non-hydrogen) atoms. The van der Waals surface area contributed by atoms with Crippen molar-refractivity contribution < 1.29 is 0 Å². The zero-order chi connectivity index (χ0) is 15.9. The number of fused-ring (bicyclic) bond motifs is 2. The van der Waals surface area contributed by atoms with Gasteiger partial charge in [0, 0.05) is 4.88 Å². The first kappa shape index (κ1) is 16.1. The first-order valence-electron chi connectivity index (χ1n) is 8.10. The van der Waals surface area contributed by atoms with Crippen molar-refractivity contribution in [3.63, 3.8) is 0 Å². The van der Waals surface area contributed by atoms with Crippen molar-refractivity contribution >= 4 is 28.9 Å². The largest absolute Gasteiger partial charge is 0.382 e. The number of nitrogens with two attached hydrogens (primary N) is 1. The molecule has 0 aromatic carbocycles. The predicted molar refractivity (Wildman–Crippen MR) is 96.9 cm³/mol. The van der Waals surface area contributed by atoms with Gasteiger partial charge in [-0.25, -0.2) is 9.97 Å². The summed E-state index contributed by atoms with van der Waals surface area (Å²) in [7, 11) is 0. The van der Waals surface area contributed by atoms with Gasteiger partial charge in [0.05, 0.1) is 10.6 Å². The number of anilines is 1. The second-order valence-corrected chi connectivity index (χ2v) is 9.41. The maximum absolute atomic E-state index is 6.10. The van der Waals surface area contributed by atoms with E-state index in [4.69, 9.17) is 10.7 Å². The Bertz CT molecular complexity index is 642. The standard InChI is InChI=1S/C17H25N3S2/c1-5-8-21-16-14-13(15(18)20-16)19-11-7-6-10(17(2,3)4)9-12(11)22-14/h10H,5-9H2,1-4H3,(H2,18,20). The van der Waals surface area contributed by atoms with Gasteiger partial charge < -0.3 is 5.73 Å². The molecule has 0 spiro atoms. The summed E-state index contributed by atoms with van der Waals surface area (Å²) in [5.74, 6) is 2.42. The highest BCUT2D eigenvalue weighted by Crippen LogP contribution is 2.45. The van der Waals surface area contributed by atoms with Gasteiger partial charge in [-0.05, 0) is 42.8 Å². The first-order valence-corrected chi connectivity index (χ1v) is 9.91. The van der Waals surface area contributed by atoms with Crippen LogP contribution in [0.4, 0.5) is 5.82 Å². The zero-order valence-electron chi connectivity index (χ0n) is 13.9. The lowest BCUT2D eigenvalue weighted by Gasteiger charge is -2.34. The summed E-state index contributed by atoms with van der Waals surface area (Å²) >= 11 is 3.69. The fourth-order valence-corrected chi connectivity index (χ4v) is 5.30. The van der Waals surface area contributed by atoms with Crippen LogP contribution in [0.15, 0.2) is 5.03 Å². The average molecular weight is 336 g/mol. The second kappa shape index (κ2) is 6.00. The van der Waals surface area contributed by atoms with Crippen molar-refractivity contribution in [3.8, 4) is 10.6 Å². The Hall–Kier alpha value is -0.810. The minimum atomic E-state index is 0.364. The van der Waals surface area contributed by atoms with Gasteiger partial charge in [0.2, 0.25) is 0 Å². The number of aromatic nitrogens is 2. The molecule has 0 saturated carbocycles. The summed E-state index contributed by atoms with van der Waals surface area (Å²) in [5.41, 5.74) is 8.64. The van der Waals surface area contributed by atoms with Gasteiger partial charge in [-0.2, -0.15) is 0 Å². The van der Waals surface area contributed by atoms with E-state index in [0.717, 1.165) is 41.7 Å². The fourth-order valence-electron chi connectivity index (χ4n) is 3.04. The van der Waals surface area contributed by atoms with Crippen molar-refractivity contribution in [2.75, 3.05) is 11.5 Å². The lowest BCUT2D eigenvalue weighted by atomic mass is 9.73. The minimum Gasteiger partial charge on any atom is -0.382 e. The molecule has 0 fully saturated rings. The SMILES string of the molecule is CCCSc1nc(N)c2nc3c(sc1-2)CC(C(C)(C)C)CC3. The lowest BCUT2D eigenvalue weighted by Crippen LogP contribution is -2.27. The van der Waals surface area contributed by atoms with Crippen molar-refractivity contribution in [1.29, 1.82) is 0 Å². The summed E-state index contributed by atoms with van der Waals surface area (Å²) in [4.78, 5) is 12.1. The fraction of sp³-hybridized carbons (Fsp3) is 0.647. The second-order valence-electron chi connectivity index (χ2n) is 7.22. The topological polar surface area (TPSA) is 51.8 Å². The van der Waals surface area contributed by atoms with Crippen molar-refractivity contribution in [2.24, 2.45) is 11.3 Å². The van der Waals surface area contributed by atoms with Crippen LogP contribution >= 0.6 is 23.1 Å². The van der Waals surface area contributed by atoms with Crippen LogP contribution in [0.5, 0.6) is 0 Å². The van der Waals surface area contributed by atoms with Gasteiger partial charge in [-0.1, -0.05) is 27.7 Å². The number of rotatable bonds is 3. The molecule has 0 bridgehead atoms. The maximum Gasteiger partial charge on any atom is 0.152 e. The number of thioether (sulfide) groups is 1. The average Bonchev–Trinajstić information content (AvgIpc) is 2.77. The van der Waals surface area contributed by atoms with Gasteiger partial charge in [0.1, 0.15) is 10.7 Å². The summed E-state index contributed by atoms with van der Waals surface area (Å²) in [6, 6.07) is 0. The summed E-state index contributed by atoms with van der Waals surface area (Å²) in [5, 5.41) is 1.08. The molecule has 5 heteroatoms. The quantitative estimate of drug-likeness (QED) is 0.812. The molecular weight excluding hydrogens is 310 g/mol. The predicted octanol–water partition coefficient (Wildman–Crippen LogP) is 4.88. The maximum atomic E-state index is 6.10. The highest BCUT2D eigenvalue weighted by Gasteiger charge is 2.31. The molecule has 3 aliphatic rings. The molecule has 1 aliphatic carbocycles. The van der Waals surface area contributed by atoms with Crippen LogP contribution in [0.3, 0.4) is 0 Å². The van der Waals surface area contributed by atoms with Crippen LogP contribution in [-0.2, 0) is 12.8 Å². The summed E-state index contributed by atoms with van der Waals surface area (Å²) < 4.78 is 0. The molecule has 2 N–H and O–H groups in total. The van der Waals surface area contributed by atoms with Crippen LogP contribution in [-0.4, -0.2) is 15.7 Å². The Balaban J connectivity index is 1.99. The van der Waals surface area contributed by atoms with Crippen molar-refractivity contribution in [3.05, 3.63) is 10.6 Å².